The van der Waals surface area contributed by atoms with Gasteiger partial charge in [0, 0.05) is 0 Å². The first kappa shape index (κ1) is 15.7. The summed E-state index contributed by atoms with van der Waals surface area (Å²) in [5.74, 6) is -0.106. The fourth-order valence-corrected chi connectivity index (χ4v) is 2.44. The third-order valence-corrected chi connectivity index (χ3v) is 4.26. The van der Waals surface area contributed by atoms with Crippen molar-refractivity contribution in [3.63, 3.8) is 0 Å². The topological polar surface area (TPSA) is 68.3 Å². The molecule has 1 aromatic rings. The van der Waals surface area contributed by atoms with E-state index < -0.39 is 10.0 Å². The summed E-state index contributed by atoms with van der Waals surface area (Å²) in [6.45, 7) is 3.84. The molecule has 18 heavy (non-hydrogen) atoms. The Balaban J connectivity index is 2.62. The van der Waals surface area contributed by atoms with E-state index in [1.54, 1.807) is 6.07 Å². The van der Waals surface area contributed by atoms with Crippen LogP contribution in [-0.2, 0) is 14.8 Å². The number of anilines is 1. The van der Waals surface area contributed by atoms with Crippen molar-refractivity contribution in [1.82, 2.24) is 4.98 Å². The molecule has 1 heterocycles. The van der Waals surface area contributed by atoms with E-state index in [0.717, 1.165) is 0 Å². The van der Waals surface area contributed by atoms with Crippen LogP contribution in [0.5, 0.6) is 0 Å². The molecule has 0 bridgehead atoms. The minimum Gasteiger partial charge on any atom is -0.378 e. The number of halogens is 2. The monoisotopic (exact) mass is 356 g/mol. The van der Waals surface area contributed by atoms with E-state index in [2.05, 4.69) is 25.6 Å². The van der Waals surface area contributed by atoms with Gasteiger partial charge in [-0.1, -0.05) is 11.6 Å². The zero-order chi connectivity index (χ0) is 13.8. The van der Waals surface area contributed by atoms with Gasteiger partial charge in [0.1, 0.15) is 5.15 Å². The third kappa shape index (κ3) is 5.51. The zero-order valence-electron chi connectivity index (χ0n) is 9.98. The minimum atomic E-state index is -3.44. The van der Waals surface area contributed by atoms with Crippen molar-refractivity contribution in [2.45, 2.75) is 20.0 Å². The van der Waals surface area contributed by atoms with Crippen LogP contribution in [0.25, 0.3) is 0 Å². The van der Waals surface area contributed by atoms with Gasteiger partial charge in [-0.25, -0.2) is 13.4 Å². The number of hydrogen-bond donors (Lipinski definition) is 1. The molecule has 0 aliphatic rings. The lowest BCUT2D eigenvalue weighted by Crippen LogP contribution is -2.21. The Labute approximate surface area is 120 Å². The Hall–Kier alpha value is -0.370. The van der Waals surface area contributed by atoms with E-state index in [1.165, 1.54) is 6.20 Å². The summed E-state index contributed by atoms with van der Waals surface area (Å²) in [5, 5.41) is 0.279. The van der Waals surface area contributed by atoms with Crippen LogP contribution in [0.1, 0.15) is 13.8 Å². The molecular weight excluding hydrogens is 344 g/mol. The molecule has 1 aromatic heterocycles. The van der Waals surface area contributed by atoms with Crippen LogP contribution in [0.15, 0.2) is 16.7 Å². The van der Waals surface area contributed by atoms with Gasteiger partial charge < -0.3 is 4.74 Å². The lowest BCUT2D eigenvalue weighted by Gasteiger charge is -2.10. The molecule has 0 saturated heterocycles. The molecule has 0 spiro atoms. The standard InChI is InChI=1S/C10H14BrClN2O3S/c1-7(2)17-3-4-18(15,16)14-8-5-9(11)10(12)13-6-8/h5-7,14H,3-4H2,1-2H3. The van der Waals surface area contributed by atoms with Gasteiger partial charge >= 0.3 is 0 Å². The molecule has 0 amide bonds. The molecule has 0 unspecified atom stereocenters. The van der Waals surface area contributed by atoms with Crippen LogP contribution in [-0.4, -0.2) is 31.9 Å². The second kappa shape index (κ2) is 6.70. The Morgan fingerprint density at radius 3 is 2.78 bits per heavy atom. The Bertz CT molecular complexity index is 508. The maximum Gasteiger partial charge on any atom is 0.235 e. The van der Waals surface area contributed by atoms with Gasteiger partial charge in [0.15, 0.2) is 0 Å². The average molecular weight is 358 g/mol. The molecule has 8 heteroatoms. The van der Waals surface area contributed by atoms with Gasteiger partial charge in [0.2, 0.25) is 10.0 Å². The smallest absolute Gasteiger partial charge is 0.235 e. The van der Waals surface area contributed by atoms with Crippen LogP contribution in [0.4, 0.5) is 5.69 Å². The van der Waals surface area contributed by atoms with Crippen molar-refractivity contribution in [1.29, 1.82) is 0 Å². The number of aromatic nitrogens is 1. The number of pyridine rings is 1. The summed E-state index contributed by atoms with van der Waals surface area (Å²) in [7, 11) is -3.44. The SMILES string of the molecule is CC(C)OCCS(=O)(=O)Nc1cnc(Cl)c(Br)c1. The van der Waals surface area contributed by atoms with Crippen molar-refractivity contribution in [3.8, 4) is 0 Å². The highest BCUT2D eigenvalue weighted by Gasteiger charge is 2.12. The highest BCUT2D eigenvalue weighted by atomic mass is 79.9. The van der Waals surface area contributed by atoms with E-state index in [-0.39, 0.29) is 23.6 Å². The first-order chi connectivity index (χ1) is 8.30. The molecule has 0 saturated carbocycles. The van der Waals surface area contributed by atoms with Gasteiger partial charge in [-0.2, -0.15) is 0 Å². The maximum atomic E-state index is 11.7. The molecule has 1 rings (SSSR count). The fourth-order valence-electron chi connectivity index (χ4n) is 1.10. The molecule has 0 aliphatic carbocycles. The summed E-state index contributed by atoms with van der Waals surface area (Å²) in [4.78, 5) is 3.83. The lowest BCUT2D eigenvalue weighted by atomic mass is 10.4. The number of nitrogens with one attached hydrogen (secondary N) is 1. The zero-order valence-corrected chi connectivity index (χ0v) is 13.1. The van der Waals surface area contributed by atoms with Gasteiger partial charge in [-0.15, -0.1) is 0 Å². The number of sulfonamides is 1. The highest BCUT2D eigenvalue weighted by molar-refractivity contribution is 9.10. The summed E-state index contributed by atoms with van der Waals surface area (Å²) in [6.07, 6.45) is 1.36. The summed E-state index contributed by atoms with van der Waals surface area (Å²) >= 11 is 8.89. The molecule has 0 radical (unpaired) electrons. The van der Waals surface area contributed by atoms with E-state index in [1.807, 2.05) is 13.8 Å². The Morgan fingerprint density at radius 2 is 2.22 bits per heavy atom. The molecule has 5 nitrogen and oxygen atoms in total. The third-order valence-electron chi connectivity index (χ3n) is 1.87. The number of rotatable bonds is 6. The molecular formula is C10H14BrClN2O3S. The Kier molecular flexibility index (Phi) is 5.84. The predicted octanol–water partition coefficient (Wildman–Crippen LogP) is 2.66. The predicted molar refractivity (Wildman–Crippen MR) is 75.4 cm³/mol. The Morgan fingerprint density at radius 1 is 1.56 bits per heavy atom. The van der Waals surface area contributed by atoms with Crippen molar-refractivity contribution in [2.24, 2.45) is 0 Å². The van der Waals surface area contributed by atoms with Crippen LogP contribution >= 0.6 is 27.5 Å². The highest BCUT2D eigenvalue weighted by Crippen LogP contribution is 2.23. The summed E-state index contributed by atoms with van der Waals surface area (Å²) in [6, 6.07) is 1.55. The van der Waals surface area contributed by atoms with Crippen molar-refractivity contribution < 1.29 is 13.2 Å². The second-order valence-corrected chi connectivity index (χ2v) is 6.89. The van der Waals surface area contributed by atoms with Crippen LogP contribution < -0.4 is 4.72 Å². The summed E-state index contributed by atoms with van der Waals surface area (Å²) in [5.41, 5.74) is 0.357. The van der Waals surface area contributed by atoms with Crippen molar-refractivity contribution >= 4 is 43.2 Å². The van der Waals surface area contributed by atoms with Gasteiger partial charge in [0.05, 0.1) is 34.8 Å². The van der Waals surface area contributed by atoms with Gasteiger partial charge in [0.25, 0.3) is 0 Å². The molecule has 0 aliphatic heterocycles. The second-order valence-electron chi connectivity index (χ2n) is 3.84. The molecule has 0 fully saturated rings. The lowest BCUT2D eigenvalue weighted by molar-refractivity contribution is 0.0913. The first-order valence-electron chi connectivity index (χ1n) is 5.23. The number of nitrogens with zero attached hydrogens (tertiary/aromatic N) is 1. The van der Waals surface area contributed by atoms with Gasteiger partial charge in [-0.3, -0.25) is 4.72 Å². The van der Waals surface area contributed by atoms with Crippen molar-refractivity contribution in [3.05, 3.63) is 21.9 Å². The van der Waals surface area contributed by atoms with E-state index in [0.29, 0.717) is 10.2 Å². The van der Waals surface area contributed by atoms with E-state index in [9.17, 15) is 8.42 Å². The number of ether oxygens (including phenoxy) is 1. The first-order valence-corrected chi connectivity index (χ1v) is 8.05. The molecule has 0 atom stereocenters. The molecule has 0 aromatic carbocycles. The van der Waals surface area contributed by atoms with Gasteiger partial charge in [-0.05, 0) is 35.8 Å². The normalized spacial score (nSPS) is 11.8. The van der Waals surface area contributed by atoms with Crippen LogP contribution in [0, 0.1) is 0 Å². The average Bonchev–Trinajstić information content (AvgIpc) is 2.22. The van der Waals surface area contributed by atoms with Crippen molar-refractivity contribution in [2.75, 3.05) is 17.1 Å². The molecule has 102 valence electrons. The fraction of sp³-hybridized carbons (Fsp3) is 0.500. The maximum absolute atomic E-state index is 11.7. The quantitative estimate of drug-likeness (QED) is 0.795. The van der Waals surface area contributed by atoms with E-state index >= 15 is 0 Å². The van der Waals surface area contributed by atoms with Crippen LogP contribution in [0.3, 0.4) is 0 Å². The summed E-state index contributed by atoms with van der Waals surface area (Å²) < 4.78 is 31.5. The number of hydrogen-bond acceptors (Lipinski definition) is 4. The van der Waals surface area contributed by atoms with Crippen LogP contribution in [0.2, 0.25) is 5.15 Å². The minimum absolute atomic E-state index is 0.00606. The largest absolute Gasteiger partial charge is 0.378 e. The van der Waals surface area contributed by atoms with E-state index in [4.69, 9.17) is 16.3 Å². The molecule has 1 N–H and O–H groups in total.